The number of alkyl carbamates (subject to hydrolysis) is 1. The molecule has 0 radical (unpaired) electrons. The molecule has 2 aromatic carbocycles. The summed E-state index contributed by atoms with van der Waals surface area (Å²) in [5.41, 5.74) is 4.70. The normalized spacial score (nSPS) is 20.7. The zero-order valence-electron chi connectivity index (χ0n) is 19.8. The number of carboxylic acid groups (broad SMARTS) is 1. The summed E-state index contributed by atoms with van der Waals surface area (Å²) < 4.78 is 5.69. The molecule has 0 saturated heterocycles. The smallest absolute Gasteiger partial charge is 0.407 e. The second-order valence-electron chi connectivity index (χ2n) is 10.1. The highest BCUT2D eigenvalue weighted by atomic mass is 16.5. The molecular formula is C28H32N2O5. The molecule has 0 unspecified atom stereocenters. The largest absolute Gasteiger partial charge is 0.480 e. The molecule has 2 fully saturated rings. The van der Waals surface area contributed by atoms with Gasteiger partial charge >= 0.3 is 12.1 Å². The van der Waals surface area contributed by atoms with Gasteiger partial charge in [0.1, 0.15) is 13.2 Å². The first-order valence-corrected chi connectivity index (χ1v) is 12.6. The fourth-order valence-corrected chi connectivity index (χ4v) is 5.65. The van der Waals surface area contributed by atoms with Crippen molar-refractivity contribution >= 4 is 18.0 Å². The Balaban J connectivity index is 1.17. The van der Waals surface area contributed by atoms with Crippen molar-refractivity contribution in [1.29, 1.82) is 0 Å². The topological polar surface area (TPSA) is 95.9 Å². The molecule has 0 bridgehead atoms. The van der Waals surface area contributed by atoms with Gasteiger partial charge in [0.25, 0.3) is 0 Å². The molecule has 35 heavy (non-hydrogen) atoms. The van der Waals surface area contributed by atoms with Gasteiger partial charge in [0, 0.05) is 24.9 Å². The number of nitrogens with one attached hydrogen (secondary N) is 1. The van der Waals surface area contributed by atoms with Crippen molar-refractivity contribution < 1.29 is 24.2 Å². The highest BCUT2D eigenvalue weighted by Crippen LogP contribution is 2.44. The number of carbonyl (C=O) groups is 3. The molecule has 0 aromatic heterocycles. The van der Waals surface area contributed by atoms with E-state index in [0.29, 0.717) is 12.5 Å². The van der Waals surface area contributed by atoms with Crippen LogP contribution in [-0.2, 0) is 14.3 Å². The van der Waals surface area contributed by atoms with Gasteiger partial charge in [-0.1, -0.05) is 55.0 Å². The first kappa shape index (κ1) is 23.4. The van der Waals surface area contributed by atoms with Crippen molar-refractivity contribution in [1.82, 2.24) is 10.2 Å². The Morgan fingerprint density at radius 3 is 2.23 bits per heavy atom. The van der Waals surface area contributed by atoms with E-state index in [1.165, 1.54) is 27.2 Å². The maximum Gasteiger partial charge on any atom is 0.407 e. The molecule has 3 aliphatic carbocycles. The van der Waals surface area contributed by atoms with Gasteiger partial charge in [-0.25, -0.2) is 4.79 Å². The molecule has 2 N–H and O–H groups in total. The summed E-state index contributed by atoms with van der Waals surface area (Å²) in [6.07, 6.45) is 4.46. The third kappa shape index (κ3) is 5.34. The molecule has 3 aliphatic rings. The van der Waals surface area contributed by atoms with Crippen LogP contribution < -0.4 is 5.32 Å². The molecule has 2 aromatic rings. The van der Waals surface area contributed by atoms with E-state index < -0.39 is 12.1 Å². The predicted molar refractivity (Wildman–Crippen MR) is 131 cm³/mol. The summed E-state index contributed by atoms with van der Waals surface area (Å²) in [6.45, 7) is 0.513. The highest BCUT2D eigenvalue weighted by molar-refractivity contribution is 5.82. The lowest BCUT2D eigenvalue weighted by molar-refractivity contribution is -0.145. The predicted octanol–water partition coefficient (Wildman–Crippen LogP) is 4.41. The fraction of sp³-hybridized carbons (Fsp3) is 0.464. The molecule has 0 spiro atoms. The maximum absolute atomic E-state index is 12.9. The van der Waals surface area contributed by atoms with Crippen molar-refractivity contribution in [3.63, 3.8) is 0 Å². The van der Waals surface area contributed by atoms with Crippen molar-refractivity contribution in [2.24, 2.45) is 11.8 Å². The van der Waals surface area contributed by atoms with Crippen LogP contribution in [0.3, 0.4) is 0 Å². The third-order valence-corrected chi connectivity index (χ3v) is 7.60. The van der Waals surface area contributed by atoms with Gasteiger partial charge in [0.2, 0.25) is 5.91 Å². The standard InChI is InChI=1S/C28H32N2O5/c31-26(30(16-27(32)33)15-18-12-13-18)14-19-6-5-11-25(19)29-28(34)35-17-24-22-9-3-1-7-20(22)21-8-2-4-10-23(21)24/h1-4,7-10,18-19,24-25H,5-6,11-17H2,(H,29,34)(H,32,33)/t19-,25+/m0/s1. The highest BCUT2D eigenvalue weighted by Gasteiger charge is 2.35. The number of amides is 2. The van der Waals surface area contributed by atoms with Gasteiger partial charge < -0.3 is 20.1 Å². The van der Waals surface area contributed by atoms with Gasteiger partial charge in [-0.15, -0.1) is 0 Å². The first-order chi connectivity index (χ1) is 17.0. The SMILES string of the molecule is O=C(O)CN(CC1CC1)C(=O)C[C@@H]1CCC[C@H]1NC(=O)OCC1c2ccccc2-c2ccccc21. The van der Waals surface area contributed by atoms with Crippen LogP contribution in [-0.4, -0.2) is 53.7 Å². The van der Waals surface area contributed by atoms with E-state index in [4.69, 9.17) is 4.74 Å². The average molecular weight is 477 g/mol. The number of hydrogen-bond donors (Lipinski definition) is 2. The van der Waals surface area contributed by atoms with Crippen LogP contribution in [0, 0.1) is 11.8 Å². The van der Waals surface area contributed by atoms with Crippen LogP contribution in [0.2, 0.25) is 0 Å². The fourth-order valence-electron chi connectivity index (χ4n) is 5.65. The second kappa shape index (κ2) is 10.1. The van der Waals surface area contributed by atoms with Crippen LogP contribution in [0.15, 0.2) is 48.5 Å². The van der Waals surface area contributed by atoms with Crippen LogP contribution in [0.4, 0.5) is 4.79 Å². The molecular weight excluding hydrogens is 444 g/mol. The lowest BCUT2D eigenvalue weighted by Crippen LogP contribution is -2.42. The molecule has 7 heteroatoms. The maximum atomic E-state index is 12.9. The van der Waals surface area contributed by atoms with E-state index in [-0.39, 0.29) is 43.4 Å². The lowest BCUT2D eigenvalue weighted by atomic mass is 9.98. The van der Waals surface area contributed by atoms with Gasteiger partial charge in [-0.3, -0.25) is 9.59 Å². The average Bonchev–Trinajstić information content (AvgIpc) is 3.47. The van der Waals surface area contributed by atoms with Gasteiger partial charge in [0.15, 0.2) is 0 Å². The van der Waals surface area contributed by atoms with Crippen molar-refractivity contribution in [2.75, 3.05) is 19.7 Å². The number of carbonyl (C=O) groups excluding carboxylic acids is 2. The summed E-state index contributed by atoms with van der Waals surface area (Å²) in [7, 11) is 0. The van der Waals surface area contributed by atoms with Gasteiger partial charge in [-0.05, 0) is 59.8 Å². The number of ether oxygens (including phenoxy) is 1. The number of rotatable bonds is 9. The van der Waals surface area contributed by atoms with Crippen molar-refractivity contribution in [3.8, 4) is 11.1 Å². The molecule has 2 amide bonds. The van der Waals surface area contributed by atoms with E-state index in [1.807, 2.05) is 24.3 Å². The van der Waals surface area contributed by atoms with Crippen LogP contribution in [0.25, 0.3) is 11.1 Å². The Hall–Kier alpha value is -3.35. The molecule has 7 nitrogen and oxygen atoms in total. The Kier molecular flexibility index (Phi) is 6.75. The quantitative estimate of drug-likeness (QED) is 0.559. The van der Waals surface area contributed by atoms with E-state index in [9.17, 15) is 19.5 Å². The van der Waals surface area contributed by atoms with E-state index in [2.05, 4.69) is 29.6 Å². The summed E-state index contributed by atoms with van der Waals surface area (Å²) in [5.74, 6) is -0.694. The minimum atomic E-state index is -0.987. The lowest BCUT2D eigenvalue weighted by Gasteiger charge is -2.25. The molecule has 5 rings (SSSR count). The van der Waals surface area contributed by atoms with Gasteiger partial charge in [-0.2, -0.15) is 0 Å². The Bertz CT molecular complexity index is 1070. The van der Waals surface area contributed by atoms with E-state index in [1.54, 1.807) is 0 Å². The van der Waals surface area contributed by atoms with Gasteiger partial charge in [0.05, 0.1) is 0 Å². The Labute approximate surface area is 205 Å². The zero-order valence-corrected chi connectivity index (χ0v) is 19.8. The zero-order chi connectivity index (χ0) is 24.4. The Morgan fingerprint density at radius 1 is 0.943 bits per heavy atom. The van der Waals surface area contributed by atoms with Crippen LogP contribution >= 0.6 is 0 Å². The molecule has 2 saturated carbocycles. The summed E-state index contributed by atoms with van der Waals surface area (Å²) in [4.78, 5) is 38.3. The summed E-state index contributed by atoms with van der Waals surface area (Å²) >= 11 is 0. The number of nitrogens with zero attached hydrogens (tertiary/aromatic N) is 1. The Morgan fingerprint density at radius 2 is 1.60 bits per heavy atom. The number of hydrogen-bond acceptors (Lipinski definition) is 4. The molecule has 0 aliphatic heterocycles. The van der Waals surface area contributed by atoms with E-state index in [0.717, 1.165) is 32.1 Å². The van der Waals surface area contributed by atoms with Crippen molar-refractivity contribution in [3.05, 3.63) is 59.7 Å². The molecule has 2 atom stereocenters. The number of carboxylic acids is 1. The minimum absolute atomic E-state index is 0.00102. The number of fused-ring (bicyclic) bond motifs is 3. The monoisotopic (exact) mass is 476 g/mol. The number of aliphatic carboxylic acids is 1. The minimum Gasteiger partial charge on any atom is -0.480 e. The molecule has 184 valence electrons. The third-order valence-electron chi connectivity index (χ3n) is 7.60. The van der Waals surface area contributed by atoms with E-state index >= 15 is 0 Å². The first-order valence-electron chi connectivity index (χ1n) is 12.6. The second-order valence-corrected chi connectivity index (χ2v) is 10.1. The number of benzene rings is 2. The van der Waals surface area contributed by atoms with Crippen molar-refractivity contribution in [2.45, 2.75) is 50.5 Å². The molecule has 0 heterocycles. The van der Waals surface area contributed by atoms with Crippen LogP contribution in [0.1, 0.15) is 55.6 Å². The summed E-state index contributed by atoms with van der Waals surface area (Å²) in [5, 5.41) is 12.2. The summed E-state index contributed by atoms with van der Waals surface area (Å²) in [6, 6.07) is 16.3. The van der Waals surface area contributed by atoms with Crippen LogP contribution in [0.5, 0.6) is 0 Å².